The Bertz CT molecular complexity index is 595. The van der Waals surface area contributed by atoms with Crippen molar-refractivity contribution in [1.29, 1.82) is 0 Å². The van der Waals surface area contributed by atoms with Crippen molar-refractivity contribution < 1.29 is 19.1 Å². The number of hydrogen-bond donors (Lipinski definition) is 1. The summed E-state index contributed by atoms with van der Waals surface area (Å²) in [5.41, 5.74) is 2.91. The second-order valence-corrected chi connectivity index (χ2v) is 6.15. The van der Waals surface area contributed by atoms with Gasteiger partial charge in [0.1, 0.15) is 0 Å². The molecule has 0 heterocycles. The van der Waals surface area contributed by atoms with Crippen LogP contribution in [0.15, 0.2) is 30.9 Å². The van der Waals surface area contributed by atoms with E-state index in [1.807, 2.05) is 45.9 Å². The predicted molar refractivity (Wildman–Crippen MR) is 94.9 cm³/mol. The van der Waals surface area contributed by atoms with E-state index in [0.29, 0.717) is 5.69 Å². The summed E-state index contributed by atoms with van der Waals surface area (Å²) in [6, 6.07) is 5.66. The van der Waals surface area contributed by atoms with Gasteiger partial charge in [-0.15, -0.1) is 6.58 Å². The number of ether oxygens (including phenoxy) is 2. The maximum atomic E-state index is 12.5. The number of hydrogen-bond acceptors (Lipinski definition) is 4. The fourth-order valence-corrected chi connectivity index (χ4v) is 2.03. The Balaban J connectivity index is 2.76. The number of carbonyl (C=O) groups excluding carboxylic acids is 2. The van der Waals surface area contributed by atoms with Crippen molar-refractivity contribution in [3.05, 3.63) is 42.0 Å². The monoisotopic (exact) mass is 333 g/mol. The molecule has 0 aliphatic heterocycles. The molecule has 0 aliphatic carbocycles. The van der Waals surface area contributed by atoms with Gasteiger partial charge in [0.25, 0.3) is 5.91 Å². The third-order valence-corrected chi connectivity index (χ3v) is 3.68. The Hall–Kier alpha value is -2.14. The van der Waals surface area contributed by atoms with E-state index in [4.69, 9.17) is 9.47 Å². The average molecular weight is 333 g/mol. The molecule has 5 heteroatoms. The Kier molecular flexibility index (Phi) is 7.65. The molecule has 0 fully saturated rings. The summed E-state index contributed by atoms with van der Waals surface area (Å²) in [5.74, 6) is -1.07. The van der Waals surface area contributed by atoms with Gasteiger partial charge in [-0.3, -0.25) is 4.79 Å². The molecule has 2 unspecified atom stereocenters. The molecule has 0 saturated heterocycles. The Morgan fingerprint density at radius 2 is 1.88 bits per heavy atom. The van der Waals surface area contributed by atoms with E-state index in [2.05, 4.69) is 11.9 Å². The maximum Gasteiger partial charge on any atom is 0.335 e. The first-order chi connectivity index (χ1) is 11.3. The number of rotatable bonds is 8. The van der Waals surface area contributed by atoms with E-state index in [-0.39, 0.29) is 18.4 Å². The highest BCUT2D eigenvalue weighted by Crippen LogP contribution is 2.17. The lowest BCUT2D eigenvalue weighted by Gasteiger charge is -2.22. The van der Waals surface area contributed by atoms with Crippen LogP contribution in [0.3, 0.4) is 0 Å². The fourth-order valence-electron chi connectivity index (χ4n) is 2.03. The minimum atomic E-state index is -0.881. The first-order valence-corrected chi connectivity index (χ1v) is 8.07. The second kappa shape index (κ2) is 9.23. The van der Waals surface area contributed by atoms with E-state index in [1.54, 1.807) is 13.0 Å². The van der Waals surface area contributed by atoms with Gasteiger partial charge < -0.3 is 14.8 Å². The summed E-state index contributed by atoms with van der Waals surface area (Å²) >= 11 is 0. The number of carbonyl (C=O) groups is 2. The molecule has 1 aromatic rings. The normalized spacial score (nSPS) is 13.2. The molecule has 1 N–H and O–H groups in total. The summed E-state index contributed by atoms with van der Waals surface area (Å²) in [7, 11) is 0. The van der Waals surface area contributed by atoms with Gasteiger partial charge in [-0.2, -0.15) is 0 Å². The molecule has 0 bridgehead atoms. The van der Waals surface area contributed by atoms with Crippen molar-refractivity contribution >= 4 is 17.6 Å². The molecule has 1 amide bonds. The van der Waals surface area contributed by atoms with Gasteiger partial charge in [-0.25, -0.2) is 4.79 Å². The fraction of sp³-hybridized carbons (Fsp3) is 0.474. The van der Waals surface area contributed by atoms with Crippen LogP contribution in [0, 0.1) is 19.8 Å². The molecule has 2 atom stereocenters. The third-order valence-electron chi connectivity index (χ3n) is 3.68. The van der Waals surface area contributed by atoms with Gasteiger partial charge in [0, 0.05) is 5.69 Å². The molecule has 5 nitrogen and oxygen atoms in total. The Morgan fingerprint density at radius 3 is 2.42 bits per heavy atom. The minimum Gasteiger partial charge on any atom is -0.450 e. The Morgan fingerprint density at radius 1 is 1.21 bits per heavy atom. The van der Waals surface area contributed by atoms with Crippen LogP contribution in [-0.2, 0) is 19.1 Å². The summed E-state index contributed by atoms with van der Waals surface area (Å²) in [6.07, 6.45) is -0.0802. The van der Waals surface area contributed by atoms with Gasteiger partial charge in [0.15, 0.2) is 12.2 Å². The Labute approximate surface area is 144 Å². The summed E-state index contributed by atoms with van der Waals surface area (Å²) in [6.45, 7) is 13.0. The highest BCUT2D eigenvalue weighted by atomic mass is 16.6. The summed E-state index contributed by atoms with van der Waals surface area (Å²) in [4.78, 5) is 24.5. The van der Waals surface area contributed by atoms with E-state index in [1.165, 1.54) is 0 Å². The van der Waals surface area contributed by atoms with Crippen LogP contribution in [0.2, 0.25) is 0 Å². The lowest BCUT2D eigenvalue weighted by molar-refractivity contribution is -0.166. The van der Waals surface area contributed by atoms with Crippen LogP contribution in [-0.4, -0.2) is 30.7 Å². The summed E-state index contributed by atoms with van der Waals surface area (Å²) < 4.78 is 10.6. The van der Waals surface area contributed by atoms with Gasteiger partial charge in [-0.05, 0) is 49.9 Å². The molecular formula is C19H27NO4. The van der Waals surface area contributed by atoms with Crippen molar-refractivity contribution in [2.24, 2.45) is 5.92 Å². The number of esters is 1. The van der Waals surface area contributed by atoms with E-state index >= 15 is 0 Å². The topological polar surface area (TPSA) is 64.6 Å². The second-order valence-electron chi connectivity index (χ2n) is 6.15. The molecule has 1 rings (SSSR count). The first kappa shape index (κ1) is 19.9. The number of anilines is 1. The molecular weight excluding hydrogens is 306 g/mol. The van der Waals surface area contributed by atoms with Crippen molar-refractivity contribution in [3.63, 3.8) is 0 Å². The molecule has 0 radical (unpaired) electrons. The van der Waals surface area contributed by atoms with E-state index < -0.39 is 18.2 Å². The van der Waals surface area contributed by atoms with Gasteiger partial charge >= 0.3 is 5.97 Å². The van der Waals surface area contributed by atoms with Crippen LogP contribution in [0.25, 0.3) is 0 Å². The minimum absolute atomic E-state index is 0.160. The quantitative estimate of drug-likeness (QED) is 0.585. The molecule has 0 spiro atoms. The van der Waals surface area contributed by atoms with Crippen molar-refractivity contribution in [2.75, 3.05) is 11.9 Å². The van der Waals surface area contributed by atoms with Crippen LogP contribution < -0.4 is 5.32 Å². The number of aryl methyl sites for hydroxylation is 2. The largest absolute Gasteiger partial charge is 0.450 e. The van der Waals surface area contributed by atoms with Crippen LogP contribution >= 0.6 is 0 Å². The van der Waals surface area contributed by atoms with E-state index in [9.17, 15) is 9.59 Å². The molecule has 0 saturated carbocycles. The van der Waals surface area contributed by atoms with E-state index in [0.717, 1.165) is 11.1 Å². The summed E-state index contributed by atoms with van der Waals surface area (Å²) in [5, 5.41) is 2.81. The van der Waals surface area contributed by atoms with Crippen molar-refractivity contribution in [1.82, 2.24) is 0 Å². The van der Waals surface area contributed by atoms with Gasteiger partial charge in [0.2, 0.25) is 0 Å². The number of nitrogens with one attached hydrogen (secondary N) is 1. The van der Waals surface area contributed by atoms with Crippen molar-refractivity contribution in [3.8, 4) is 0 Å². The highest BCUT2D eigenvalue weighted by molar-refractivity contribution is 5.95. The van der Waals surface area contributed by atoms with Gasteiger partial charge in [0.05, 0.1) is 6.61 Å². The average Bonchev–Trinajstić information content (AvgIpc) is 2.52. The zero-order valence-corrected chi connectivity index (χ0v) is 15.1. The zero-order chi connectivity index (χ0) is 18.3. The third kappa shape index (κ3) is 5.81. The molecule has 0 aromatic heterocycles. The van der Waals surface area contributed by atoms with Crippen LogP contribution in [0.1, 0.15) is 31.9 Å². The molecule has 0 aliphatic rings. The number of benzene rings is 1. The van der Waals surface area contributed by atoms with Crippen LogP contribution in [0.5, 0.6) is 0 Å². The standard InChI is InChI=1S/C19H27NO4/c1-7-10-23-15(6)19(22)24-17(12(2)3)18(21)20-16-9-8-13(4)14(5)11-16/h7-9,11-12,15,17H,1,10H2,2-6H3,(H,20,21). The van der Waals surface area contributed by atoms with Crippen molar-refractivity contribution in [2.45, 2.75) is 46.8 Å². The molecule has 132 valence electrons. The van der Waals surface area contributed by atoms with Crippen LogP contribution in [0.4, 0.5) is 5.69 Å². The predicted octanol–water partition coefficient (Wildman–Crippen LogP) is 3.40. The lowest BCUT2D eigenvalue weighted by Crippen LogP contribution is -2.39. The van der Waals surface area contributed by atoms with Gasteiger partial charge in [-0.1, -0.05) is 26.0 Å². The lowest BCUT2D eigenvalue weighted by atomic mass is 10.1. The smallest absolute Gasteiger partial charge is 0.335 e. The maximum absolute atomic E-state index is 12.5. The zero-order valence-electron chi connectivity index (χ0n) is 15.1. The molecule has 24 heavy (non-hydrogen) atoms. The number of amides is 1. The first-order valence-electron chi connectivity index (χ1n) is 8.07. The SMILES string of the molecule is C=CCOC(C)C(=O)OC(C(=O)Nc1ccc(C)c(C)c1)C(C)C. The highest BCUT2D eigenvalue weighted by Gasteiger charge is 2.28. The molecule has 1 aromatic carbocycles.